The number of phenolic OH excluding ortho intramolecular Hbond substituents is 1. The molecule has 1 saturated heterocycles. The fraction of sp³-hybridized carbons (Fsp3) is 0.625. The monoisotopic (exact) mass is 245 g/mol. The van der Waals surface area contributed by atoms with Gasteiger partial charge in [0, 0.05) is 12.1 Å². The molecule has 0 aromatic heterocycles. The van der Waals surface area contributed by atoms with Crippen LogP contribution in [0.3, 0.4) is 0 Å². The van der Waals surface area contributed by atoms with Crippen LogP contribution < -0.4 is 0 Å². The van der Waals surface area contributed by atoms with Gasteiger partial charge in [0.2, 0.25) is 0 Å². The van der Waals surface area contributed by atoms with E-state index >= 15 is 0 Å². The average Bonchev–Trinajstić information content (AvgIpc) is 2.68. The Bertz CT molecular complexity index is 429. The molecule has 0 spiro atoms. The topological polar surface area (TPSA) is 23.5 Å². The van der Waals surface area contributed by atoms with Gasteiger partial charge in [0.25, 0.3) is 0 Å². The van der Waals surface area contributed by atoms with Crippen LogP contribution in [-0.2, 0) is 6.42 Å². The lowest BCUT2D eigenvalue weighted by Crippen LogP contribution is -2.35. The molecule has 1 fully saturated rings. The second-order valence-corrected chi connectivity index (χ2v) is 5.84. The summed E-state index contributed by atoms with van der Waals surface area (Å²) in [6.45, 7) is 3.59. The van der Waals surface area contributed by atoms with Gasteiger partial charge in [-0.2, -0.15) is 0 Å². The van der Waals surface area contributed by atoms with Gasteiger partial charge in [0.15, 0.2) is 0 Å². The Balaban J connectivity index is 1.88. The highest BCUT2D eigenvalue weighted by Gasteiger charge is 2.32. The maximum absolute atomic E-state index is 9.95. The van der Waals surface area contributed by atoms with Crippen LogP contribution in [0.5, 0.6) is 5.75 Å². The Kier molecular flexibility index (Phi) is 3.29. The molecule has 1 aliphatic heterocycles. The first-order chi connectivity index (χ1) is 8.77. The molecule has 0 saturated carbocycles. The Morgan fingerprint density at radius 1 is 1.17 bits per heavy atom. The molecule has 2 nitrogen and oxygen atoms in total. The van der Waals surface area contributed by atoms with Gasteiger partial charge in [-0.1, -0.05) is 25.0 Å². The van der Waals surface area contributed by atoms with Crippen molar-refractivity contribution in [1.29, 1.82) is 0 Å². The molecule has 1 N–H and O–H groups in total. The smallest absolute Gasteiger partial charge is 0.119 e. The first kappa shape index (κ1) is 12.0. The second kappa shape index (κ2) is 4.93. The number of phenols is 1. The van der Waals surface area contributed by atoms with Gasteiger partial charge in [-0.25, -0.2) is 0 Å². The number of benzene rings is 1. The van der Waals surface area contributed by atoms with Crippen molar-refractivity contribution in [3.05, 3.63) is 29.3 Å². The number of rotatable bonds is 1. The summed E-state index contributed by atoms with van der Waals surface area (Å²) in [6.07, 6.45) is 7.62. The van der Waals surface area contributed by atoms with Gasteiger partial charge in [-0.3, -0.25) is 4.90 Å². The lowest BCUT2D eigenvalue weighted by molar-refractivity contribution is 0.146. The van der Waals surface area contributed by atoms with Crippen LogP contribution in [0.1, 0.15) is 56.2 Å². The standard InChI is InChI=1S/C16H23NO/c1-12-6-3-2-4-11-17(12)15-10-9-14-13(15)7-5-8-16(14)18/h5,7-8,12,15,18H,2-4,6,9-11H2,1H3. The quantitative estimate of drug-likeness (QED) is 0.816. The number of nitrogens with zero attached hydrogens (tertiary/aromatic N) is 1. The molecular weight excluding hydrogens is 222 g/mol. The Labute approximate surface area is 110 Å². The average molecular weight is 245 g/mol. The van der Waals surface area contributed by atoms with Gasteiger partial charge in [0.1, 0.15) is 5.75 Å². The minimum Gasteiger partial charge on any atom is -0.508 e. The minimum atomic E-state index is 0.498. The van der Waals surface area contributed by atoms with Gasteiger partial charge < -0.3 is 5.11 Å². The molecule has 98 valence electrons. The zero-order valence-corrected chi connectivity index (χ0v) is 11.2. The summed E-state index contributed by atoms with van der Waals surface area (Å²) in [5.41, 5.74) is 2.57. The Hall–Kier alpha value is -1.02. The third-order valence-corrected chi connectivity index (χ3v) is 4.72. The largest absolute Gasteiger partial charge is 0.508 e. The Morgan fingerprint density at radius 3 is 2.94 bits per heavy atom. The highest BCUT2D eigenvalue weighted by Crippen LogP contribution is 2.41. The lowest BCUT2D eigenvalue weighted by atomic mass is 10.0. The lowest BCUT2D eigenvalue weighted by Gasteiger charge is -2.33. The minimum absolute atomic E-state index is 0.498. The summed E-state index contributed by atoms with van der Waals surface area (Å²) >= 11 is 0. The summed E-state index contributed by atoms with van der Waals surface area (Å²) in [4.78, 5) is 2.68. The predicted octanol–water partition coefficient (Wildman–Crippen LogP) is 3.64. The van der Waals surface area contributed by atoms with Gasteiger partial charge >= 0.3 is 0 Å². The molecule has 2 unspecified atom stereocenters. The fourth-order valence-electron chi connectivity index (χ4n) is 3.72. The van der Waals surface area contributed by atoms with E-state index < -0.39 is 0 Å². The zero-order chi connectivity index (χ0) is 12.5. The van der Waals surface area contributed by atoms with E-state index in [9.17, 15) is 5.11 Å². The van der Waals surface area contributed by atoms with E-state index in [1.54, 1.807) is 0 Å². The van der Waals surface area contributed by atoms with E-state index in [-0.39, 0.29) is 0 Å². The summed E-state index contributed by atoms with van der Waals surface area (Å²) in [5, 5.41) is 9.95. The summed E-state index contributed by atoms with van der Waals surface area (Å²) < 4.78 is 0. The number of hydrogen-bond acceptors (Lipinski definition) is 2. The van der Waals surface area contributed by atoms with Crippen LogP contribution in [-0.4, -0.2) is 22.6 Å². The van der Waals surface area contributed by atoms with Crippen LogP contribution in [0.2, 0.25) is 0 Å². The summed E-state index contributed by atoms with van der Waals surface area (Å²) in [6, 6.07) is 7.26. The summed E-state index contributed by atoms with van der Waals surface area (Å²) in [7, 11) is 0. The highest BCUT2D eigenvalue weighted by molar-refractivity contribution is 5.44. The molecule has 1 aromatic rings. The summed E-state index contributed by atoms with van der Waals surface area (Å²) in [5.74, 6) is 0.498. The molecule has 2 atom stereocenters. The first-order valence-electron chi connectivity index (χ1n) is 7.34. The molecule has 0 bridgehead atoms. The maximum Gasteiger partial charge on any atom is 0.119 e. The molecular formula is C16H23NO. The van der Waals surface area contributed by atoms with E-state index in [4.69, 9.17) is 0 Å². The molecule has 3 rings (SSSR count). The van der Waals surface area contributed by atoms with E-state index in [2.05, 4.69) is 17.9 Å². The van der Waals surface area contributed by atoms with Crippen molar-refractivity contribution in [3.8, 4) is 5.75 Å². The molecule has 0 amide bonds. The van der Waals surface area contributed by atoms with Crippen molar-refractivity contribution in [1.82, 2.24) is 4.90 Å². The highest BCUT2D eigenvalue weighted by atomic mass is 16.3. The van der Waals surface area contributed by atoms with E-state index in [1.165, 1.54) is 49.8 Å². The van der Waals surface area contributed by atoms with Crippen LogP contribution in [0.4, 0.5) is 0 Å². The first-order valence-corrected chi connectivity index (χ1v) is 7.34. The van der Waals surface area contributed by atoms with Gasteiger partial charge in [-0.05, 0) is 56.3 Å². The van der Waals surface area contributed by atoms with Crippen LogP contribution in [0.15, 0.2) is 18.2 Å². The van der Waals surface area contributed by atoms with Crippen molar-refractivity contribution in [2.24, 2.45) is 0 Å². The van der Waals surface area contributed by atoms with E-state index in [1.807, 2.05) is 12.1 Å². The SMILES string of the molecule is CC1CCCCCN1C1CCc2c(O)cccc21. The van der Waals surface area contributed by atoms with Crippen molar-refractivity contribution in [2.75, 3.05) is 6.54 Å². The molecule has 1 aliphatic carbocycles. The van der Waals surface area contributed by atoms with Crippen molar-refractivity contribution < 1.29 is 5.11 Å². The zero-order valence-electron chi connectivity index (χ0n) is 11.2. The molecule has 1 heterocycles. The second-order valence-electron chi connectivity index (χ2n) is 5.84. The normalized spacial score (nSPS) is 28.9. The third-order valence-electron chi connectivity index (χ3n) is 4.72. The third kappa shape index (κ3) is 2.03. The molecule has 2 aliphatic rings. The number of likely N-dealkylation sites (tertiary alicyclic amines) is 1. The predicted molar refractivity (Wildman–Crippen MR) is 73.8 cm³/mol. The molecule has 1 aromatic carbocycles. The molecule has 2 heteroatoms. The van der Waals surface area contributed by atoms with Crippen molar-refractivity contribution >= 4 is 0 Å². The maximum atomic E-state index is 9.95. The number of aromatic hydroxyl groups is 1. The van der Waals surface area contributed by atoms with Gasteiger partial charge in [0.05, 0.1) is 0 Å². The van der Waals surface area contributed by atoms with Crippen LogP contribution in [0.25, 0.3) is 0 Å². The molecule has 18 heavy (non-hydrogen) atoms. The van der Waals surface area contributed by atoms with Crippen molar-refractivity contribution in [2.45, 2.75) is 57.5 Å². The fourth-order valence-corrected chi connectivity index (χ4v) is 3.72. The van der Waals surface area contributed by atoms with Crippen LogP contribution >= 0.6 is 0 Å². The van der Waals surface area contributed by atoms with E-state index in [0.717, 1.165) is 6.42 Å². The number of fused-ring (bicyclic) bond motifs is 1. The van der Waals surface area contributed by atoms with Crippen LogP contribution in [0, 0.1) is 0 Å². The number of hydrogen-bond donors (Lipinski definition) is 1. The van der Waals surface area contributed by atoms with E-state index in [0.29, 0.717) is 17.8 Å². The van der Waals surface area contributed by atoms with Gasteiger partial charge in [-0.15, -0.1) is 0 Å². The molecule has 0 radical (unpaired) electrons. The van der Waals surface area contributed by atoms with Crippen molar-refractivity contribution in [3.63, 3.8) is 0 Å². The Morgan fingerprint density at radius 2 is 2.06 bits per heavy atom.